The van der Waals surface area contributed by atoms with Gasteiger partial charge in [0, 0.05) is 11.6 Å². The van der Waals surface area contributed by atoms with E-state index >= 15 is 0 Å². The van der Waals surface area contributed by atoms with Crippen molar-refractivity contribution in [3.8, 4) is 11.3 Å². The van der Waals surface area contributed by atoms with Crippen LogP contribution in [0.2, 0.25) is 0 Å². The second-order valence-electron chi connectivity index (χ2n) is 5.85. The normalized spacial score (nSPS) is 16.0. The van der Waals surface area contributed by atoms with E-state index in [1.807, 2.05) is 36.4 Å². The summed E-state index contributed by atoms with van der Waals surface area (Å²) in [4.78, 5) is 14.3. The maximum Gasteiger partial charge on any atom is 0.320 e. The average molecular weight is 311 g/mol. The summed E-state index contributed by atoms with van der Waals surface area (Å²) in [6, 6.07) is 13.4. The third-order valence-corrected chi connectivity index (χ3v) is 4.03. The van der Waals surface area contributed by atoms with E-state index in [0.29, 0.717) is 5.82 Å². The molecule has 1 aromatic heterocycles. The Labute approximate surface area is 135 Å². The van der Waals surface area contributed by atoms with Gasteiger partial charge in [-0.25, -0.2) is 4.79 Å². The van der Waals surface area contributed by atoms with Crippen molar-refractivity contribution in [1.82, 2.24) is 20.4 Å². The van der Waals surface area contributed by atoms with Gasteiger partial charge in [0.15, 0.2) is 5.82 Å². The van der Waals surface area contributed by atoms with E-state index in [2.05, 4.69) is 32.8 Å². The number of piperidine rings is 1. The van der Waals surface area contributed by atoms with Crippen LogP contribution < -0.4 is 10.6 Å². The van der Waals surface area contributed by atoms with Crippen LogP contribution >= 0.6 is 0 Å². The molecule has 6 heteroatoms. The van der Waals surface area contributed by atoms with E-state index in [0.717, 1.165) is 37.2 Å². The lowest BCUT2D eigenvalue weighted by Gasteiger charge is -2.29. The van der Waals surface area contributed by atoms with Gasteiger partial charge in [-0.15, -0.1) is 10.2 Å². The highest BCUT2D eigenvalue weighted by atomic mass is 16.2. The smallest absolute Gasteiger partial charge is 0.320 e. The highest BCUT2D eigenvalue weighted by molar-refractivity contribution is 5.88. The van der Waals surface area contributed by atoms with Crippen LogP contribution in [0.4, 0.5) is 10.6 Å². The number of nitrogens with one attached hydrogen (secondary N) is 2. The molecule has 0 atom stereocenters. The van der Waals surface area contributed by atoms with Gasteiger partial charge in [-0.2, -0.15) is 0 Å². The van der Waals surface area contributed by atoms with Crippen LogP contribution in [0.15, 0.2) is 42.5 Å². The molecule has 0 radical (unpaired) electrons. The number of urea groups is 1. The summed E-state index contributed by atoms with van der Waals surface area (Å²) >= 11 is 0. The van der Waals surface area contributed by atoms with Crippen LogP contribution in [0.3, 0.4) is 0 Å². The van der Waals surface area contributed by atoms with Gasteiger partial charge in [-0.05, 0) is 45.1 Å². The molecule has 1 aromatic carbocycles. The summed E-state index contributed by atoms with van der Waals surface area (Å²) in [5.74, 6) is 0.454. The Balaban J connectivity index is 1.55. The lowest BCUT2D eigenvalue weighted by Crippen LogP contribution is -2.44. The Hall–Kier alpha value is -2.47. The minimum Gasteiger partial charge on any atom is -0.335 e. The van der Waals surface area contributed by atoms with Gasteiger partial charge >= 0.3 is 6.03 Å². The van der Waals surface area contributed by atoms with Crippen molar-refractivity contribution in [1.29, 1.82) is 0 Å². The number of aromatic nitrogens is 2. The van der Waals surface area contributed by atoms with Crippen molar-refractivity contribution in [3.05, 3.63) is 42.5 Å². The van der Waals surface area contributed by atoms with Crippen LogP contribution in [0.25, 0.3) is 11.3 Å². The van der Waals surface area contributed by atoms with E-state index < -0.39 is 0 Å². The monoisotopic (exact) mass is 311 g/mol. The SMILES string of the molecule is CN1CCC(NC(=O)Nc2ccc(-c3ccccc3)nn2)CC1. The van der Waals surface area contributed by atoms with Gasteiger partial charge in [0.25, 0.3) is 0 Å². The number of amides is 2. The van der Waals surface area contributed by atoms with Gasteiger partial charge in [0.05, 0.1) is 5.69 Å². The quantitative estimate of drug-likeness (QED) is 0.913. The molecule has 6 nitrogen and oxygen atoms in total. The molecule has 120 valence electrons. The largest absolute Gasteiger partial charge is 0.335 e. The first-order chi connectivity index (χ1) is 11.2. The lowest BCUT2D eigenvalue weighted by molar-refractivity contribution is 0.221. The molecule has 0 saturated carbocycles. The van der Waals surface area contributed by atoms with Crippen molar-refractivity contribution in [3.63, 3.8) is 0 Å². The minimum absolute atomic E-state index is 0.221. The summed E-state index contributed by atoms with van der Waals surface area (Å²) in [6.07, 6.45) is 1.95. The van der Waals surface area contributed by atoms with E-state index in [1.165, 1.54) is 0 Å². The number of likely N-dealkylation sites (tertiary alicyclic amines) is 1. The molecule has 0 aliphatic carbocycles. The van der Waals surface area contributed by atoms with E-state index in [9.17, 15) is 4.79 Å². The van der Waals surface area contributed by atoms with Crippen LogP contribution in [0.1, 0.15) is 12.8 Å². The second kappa shape index (κ2) is 7.19. The molecule has 1 saturated heterocycles. The Morgan fingerprint density at radius 2 is 1.83 bits per heavy atom. The van der Waals surface area contributed by atoms with E-state index in [4.69, 9.17) is 0 Å². The van der Waals surface area contributed by atoms with Gasteiger partial charge in [-0.1, -0.05) is 30.3 Å². The number of carbonyl (C=O) groups is 1. The fraction of sp³-hybridized carbons (Fsp3) is 0.353. The molecule has 0 bridgehead atoms. The standard InChI is InChI=1S/C17H21N5O/c1-22-11-9-14(10-12-22)18-17(23)19-16-8-7-15(20-21-16)13-5-3-2-4-6-13/h2-8,14H,9-12H2,1H3,(H2,18,19,21,23). The maximum atomic E-state index is 12.0. The first-order valence-electron chi connectivity index (χ1n) is 7.86. The molecule has 0 unspecified atom stereocenters. The van der Waals surface area contributed by atoms with Crippen molar-refractivity contribution in [2.45, 2.75) is 18.9 Å². The zero-order chi connectivity index (χ0) is 16.1. The summed E-state index contributed by atoms with van der Waals surface area (Å²) in [5, 5.41) is 14.0. The second-order valence-corrected chi connectivity index (χ2v) is 5.85. The van der Waals surface area contributed by atoms with Crippen LogP contribution in [0.5, 0.6) is 0 Å². The molecular weight excluding hydrogens is 290 g/mol. The summed E-state index contributed by atoms with van der Waals surface area (Å²) in [7, 11) is 2.10. The molecule has 2 N–H and O–H groups in total. The van der Waals surface area contributed by atoms with Crippen LogP contribution in [-0.4, -0.2) is 47.3 Å². The molecule has 1 fully saturated rings. The molecule has 1 aliphatic heterocycles. The van der Waals surface area contributed by atoms with Crippen molar-refractivity contribution >= 4 is 11.8 Å². The van der Waals surface area contributed by atoms with Gasteiger partial charge in [0.1, 0.15) is 0 Å². The fourth-order valence-corrected chi connectivity index (χ4v) is 2.65. The molecule has 2 heterocycles. The number of hydrogen-bond donors (Lipinski definition) is 2. The Kier molecular flexibility index (Phi) is 4.83. The summed E-state index contributed by atoms with van der Waals surface area (Å²) < 4.78 is 0. The van der Waals surface area contributed by atoms with Crippen molar-refractivity contribution in [2.75, 3.05) is 25.5 Å². The Morgan fingerprint density at radius 1 is 1.09 bits per heavy atom. The number of carbonyl (C=O) groups excluding carboxylic acids is 1. The molecule has 2 amide bonds. The summed E-state index contributed by atoms with van der Waals surface area (Å²) in [6.45, 7) is 2.02. The topological polar surface area (TPSA) is 70.2 Å². The number of nitrogens with zero attached hydrogens (tertiary/aromatic N) is 3. The molecule has 3 rings (SSSR count). The molecule has 2 aromatic rings. The van der Waals surface area contributed by atoms with Crippen molar-refractivity contribution < 1.29 is 4.79 Å². The molecule has 0 spiro atoms. The molecule has 23 heavy (non-hydrogen) atoms. The highest BCUT2D eigenvalue weighted by Gasteiger charge is 2.18. The Bertz CT molecular complexity index is 636. The first kappa shape index (κ1) is 15.4. The number of anilines is 1. The Morgan fingerprint density at radius 3 is 2.48 bits per heavy atom. The highest BCUT2D eigenvalue weighted by Crippen LogP contribution is 2.16. The van der Waals surface area contributed by atoms with Crippen molar-refractivity contribution in [2.24, 2.45) is 0 Å². The van der Waals surface area contributed by atoms with Crippen LogP contribution in [-0.2, 0) is 0 Å². The zero-order valence-corrected chi connectivity index (χ0v) is 13.2. The third kappa shape index (κ3) is 4.26. The number of benzene rings is 1. The predicted molar refractivity (Wildman–Crippen MR) is 90.1 cm³/mol. The first-order valence-corrected chi connectivity index (χ1v) is 7.86. The van der Waals surface area contributed by atoms with E-state index in [-0.39, 0.29) is 12.1 Å². The van der Waals surface area contributed by atoms with E-state index in [1.54, 1.807) is 6.07 Å². The van der Waals surface area contributed by atoms with Gasteiger partial charge in [-0.3, -0.25) is 5.32 Å². The van der Waals surface area contributed by atoms with Gasteiger partial charge in [0.2, 0.25) is 0 Å². The zero-order valence-electron chi connectivity index (χ0n) is 13.2. The van der Waals surface area contributed by atoms with Crippen LogP contribution in [0, 0.1) is 0 Å². The third-order valence-electron chi connectivity index (χ3n) is 4.03. The molecular formula is C17H21N5O. The summed E-state index contributed by atoms with van der Waals surface area (Å²) in [5.41, 5.74) is 1.79. The minimum atomic E-state index is -0.221. The van der Waals surface area contributed by atoms with Gasteiger partial charge < -0.3 is 10.2 Å². The lowest BCUT2D eigenvalue weighted by atomic mass is 10.1. The maximum absolute atomic E-state index is 12.0. The number of rotatable bonds is 3. The number of hydrogen-bond acceptors (Lipinski definition) is 4. The molecule has 1 aliphatic rings. The predicted octanol–water partition coefficient (Wildman–Crippen LogP) is 2.36. The fourth-order valence-electron chi connectivity index (χ4n) is 2.65. The average Bonchev–Trinajstić information content (AvgIpc) is 2.58.